The van der Waals surface area contributed by atoms with E-state index in [0.717, 1.165) is 0 Å². The number of amides is 1. The summed E-state index contributed by atoms with van der Waals surface area (Å²) in [6.45, 7) is 0. The molecule has 3 heteroatoms. The van der Waals surface area contributed by atoms with Gasteiger partial charge in [0.25, 0.3) is 5.91 Å². The predicted octanol–water partition coefficient (Wildman–Crippen LogP) is 3.05. The number of carbonyl (C=O) groups is 1. The maximum absolute atomic E-state index is 11.4. The first-order chi connectivity index (χ1) is 7.34. The Balaban J connectivity index is 3.19. The van der Waals surface area contributed by atoms with Crippen LogP contribution in [-0.4, -0.2) is 11.1 Å². The van der Waals surface area contributed by atoms with Crippen LogP contribution in [0.1, 0.15) is 10.4 Å². The molecule has 1 aromatic carbocycles. The zero-order valence-corrected chi connectivity index (χ0v) is 8.78. The van der Waals surface area contributed by atoms with Crippen molar-refractivity contribution in [3.63, 3.8) is 0 Å². The van der Waals surface area contributed by atoms with Crippen LogP contribution in [0.5, 0.6) is 0 Å². The van der Waals surface area contributed by atoms with E-state index in [1.54, 1.807) is 24.3 Å². The monoisotopic (exact) mass is 215 g/mol. The second-order valence-corrected chi connectivity index (χ2v) is 2.83. The molecule has 0 aliphatic carbocycles. The van der Waals surface area contributed by atoms with Crippen LogP contribution in [0.25, 0.3) is 0 Å². The van der Waals surface area contributed by atoms with Gasteiger partial charge in [-0.2, -0.15) is 4.99 Å². The fourth-order valence-corrected chi connectivity index (χ4v) is 1.03. The highest BCUT2D eigenvalue weighted by molar-refractivity contribution is 7.78. The third kappa shape index (κ3) is 4.27. The molecule has 1 aromatic rings. The van der Waals surface area contributed by atoms with Crippen LogP contribution in [0.4, 0.5) is 0 Å². The van der Waals surface area contributed by atoms with Gasteiger partial charge in [-0.25, -0.2) is 0 Å². The Labute approximate surface area is 93.6 Å². The molecule has 0 aliphatic rings. The summed E-state index contributed by atoms with van der Waals surface area (Å²) in [5, 5.41) is 2.06. The standard InChI is InChI=1S/C12H9NOS/c14-12(13-10-15)11-8-6-4-2-1-3-5-7-9-11/h1-9H. The third-order valence-electron chi connectivity index (χ3n) is 1.61. The molecule has 0 heterocycles. The van der Waals surface area contributed by atoms with E-state index in [-0.39, 0.29) is 5.91 Å². The summed E-state index contributed by atoms with van der Waals surface area (Å²) in [5.74, 6) is -0.385. The van der Waals surface area contributed by atoms with Gasteiger partial charge in [-0.15, -0.1) is 0 Å². The van der Waals surface area contributed by atoms with Gasteiger partial charge in [0.1, 0.15) is 0 Å². The van der Waals surface area contributed by atoms with E-state index in [9.17, 15) is 4.79 Å². The molecule has 0 saturated heterocycles. The van der Waals surface area contributed by atoms with Gasteiger partial charge in [-0.1, -0.05) is 42.5 Å². The van der Waals surface area contributed by atoms with Gasteiger partial charge in [0.15, 0.2) is 0 Å². The van der Waals surface area contributed by atoms with Crippen LogP contribution in [0.2, 0.25) is 0 Å². The van der Waals surface area contributed by atoms with Crippen LogP contribution >= 0.6 is 12.2 Å². The number of carbonyl (C=O) groups excluding carboxylic acids is 1. The lowest BCUT2D eigenvalue weighted by Gasteiger charge is -1.87. The van der Waals surface area contributed by atoms with Crippen molar-refractivity contribution in [2.75, 3.05) is 0 Å². The Morgan fingerprint density at radius 2 is 1.47 bits per heavy atom. The van der Waals surface area contributed by atoms with Crippen LogP contribution < -0.4 is 0 Å². The number of nitrogens with zero attached hydrogens (tertiary/aromatic N) is 1. The SMILES string of the molecule is O=C(N=C=S)c1ccccccccc1. The van der Waals surface area contributed by atoms with Gasteiger partial charge in [-0.05, 0) is 24.4 Å². The molecule has 0 saturated carbocycles. The zero-order chi connectivity index (χ0) is 10.9. The quantitative estimate of drug-likeness (QED) is 0.532. The maximum Gasteiger partial charge on any atom is 0.285 e. The smallest absolute Gasteiger partial charge is 0.266 e. The molecule has 1 amide bonds. The molecule has 0 radical (unpaired) electrons. The first kappa shape index (κ1) is 11.2. The minimum atomic E-state index is -0.385. The molecule has 0 fully saturated rings. The lowest BCUT2D eigenvalue weighted by Crippen LogP contribution is -1.91. The Morgan fingerprint density at radius 1 is 1.00 bits per heavy atom. The van der Waals surface area contributed by atoms with Crippen molar-refractivity contribution in [3.05, 3.63) is 60.2 Å². The minimum Gasteiger partial charge on any atom is -0.266 e. The summed E-state index contributed by atoms with van der Waals surface area (Å²) in [4.78, 5) is 14.8. The normalized spacial score (nSPS) is 8.27. The van der Waals surface area contributed by atoms with Gasteiger partial charge in [0, 0.05) is 5.56 Å². The Hall–Kier alpha value is -1.83. The summed E-state index contributed by atoms with van der Waals surface area (Å²) < 4.78 is 0. The lowest BCUT2D eigenvalue weighted by atomic mass is 10.2. The molecule has 0 bridgehead atoms. The molecule has 0 N–H and O–H groups in total. The number of hydrogen-bond donors (Lipinski definition) is 0. The molecule has 0 unspecified atom stereocenters. The van der Waals surface area contributed by atoms with E-state index in [2.05, 4.69) is 22.4 Å². The predicted molar refractivity (Wildman–Crippen MR) is 63.4 cm³/mol. The Morgan fingerprint density at radius 3 is 1.93 bits per heavy atom. The summed E-state index contributed by atoms with van der Waals surface area (Å²) in [6.07, 6.45) is 0. The topological polar surface area (TPSA) is 29.4 Å². The molecule has 74 valence electrons. The molecule has 0 atom stereocenters. The molecule has 0 aliphatic heterocycles. The summed E-state index contributed by atoms with van der Waals surface area (Å²) in [6, 6.07) is 16.2. The first-order valence-electron chi connectivity index (χ1n) is 4.35. The van der Waals surface area contributed by atoms with Crippen LogP contribution in [-0.2, 0) is 0 Å². The van der Waals surface area contributed by atoms with Gasteiger partial charge in [0.2, 0.25) is 0 Å². The summed E-state index contributed by atoms with van der Waals surface area (Å²) in [5.41, 5.74) is 0.476. The van der Waals surface area contributed by atoms with Crippen molar-refractivity contribution in [1.29, 1.82) is 0 Å². The minimum absolute atomic E-state index is 0.385. The van der Waals surface area contributed by atoms with Crippen molar-refractivity contribution in [1.82, 2.24) is 0 Å². The number of isothiocyanates is 1. The summed E-state index contributed by atoms with van der Waals surface area (Å²) in [7, 11) is 0. The molecular formula is C12H9NOS. The maximum atomic E-state index is 11.4. The van der Waals surface area contributed by atoms with Crippen molar-refractivity contribution in [3.8, 4) is 0 Å². The largest absolute Gasteiger partial charge is 0.285 e. The molecule has 1 rings (SSSR count). The highest BCUT2D eigenvalue weighted by Crippen LogP contribution is 1.97. The highest BCUT2D eigenvalue weighted by Gasteiger charge is 1.98. The second-order valence-electron chi connectivity index (χ2n) is 2.64. The molecule has 0 spiro atoms. The van der Waals surface area contributed by atoms with Crippen LogP contribution in [0.3, 0.4) is 0 Å². The van der Waals surface area contributed by atoms with Crippen molar-refractivity contribution in [2.24, 2.45) is 4.99 Å². The Bertz CT molecular complexity index is 424. The van der Waals surface area contributed by atoms with Crippen molar-refractivity contribution >= 4 is 23.3 Å². The van der Waals surface area contributed by atoms with Gasteiger partial charge < -0.3 is 0 Å². The first-order valence-corrected chi connectivity index (χ1v) is 4.76. The van der Waals surface area contributed by atoms with Crippen LogP contribution in [0, 0.1) is 0 Å². The zero-order valence-electron chi connectivity index (χ0n) is 7.96. The number of hydrogen-bond acceptors (Lipinski definition) is 2. The average molecular weight is 215 g/mol. The number of rotatable bonds is 1. The van der Waals surface area contributed by atoms with E-state index < -0.39 is 0 Å². The number of thiocarbonyl (C=S) groups is 1. The fourth-order valence-electron chi connectivity index (χ4n) is 0.943. The molecule has 15 heavy (non-hydrogen) atoms. The second kappa shape index (κ2) is 6.60. The van der Waals surface area contributed by atoms with E-state index in [0.29, 0.717) is 5.56 Å². The van der Waals surface area contributed by atoms with Crippen molar-refractivity contribution in [2.45, 2.75) is 0 Å². The van der Waals surface area contributed by atoms with E-state index >= 15 is 0 Å². The van der Waals surface area contributed by atoms with E-state index in [1.807, 2.05) is 30.3 Å². The van der Waals surface area contributed by atoms with E-state index in [4.69, 9.17) is 0 Å². The third-order valence-corrected chi connectivity index (χ3v) is 1.70. The fraction of sp³-hybridized carbons (Fsp3) is 0. The Kier molecular flexibility index (Phi) is 4.95. The summed E-state index contributed by atoms with van der Waals surface area (Å²) >= 11 is 4.37. The average Bonchev–Trinajstić information content (AvgIpc) is 2.26. The van der Waals surface area contributed by atoms with Crippen molar-refractivity contribution < 1.29 is 4.79 Å². The van der Waals surface area contributed by atoms with Gasteiger partial charge >= 0.3 is 0 Å². The molecule has 0 aromatic heterocycles. The van der Waals surface area contributed by atoms with Gasteiger partial charge in [-0.3, -0.25) is 4.79 Å². The highest BCUT2D eigenvalue weighted by atomic mass is 32.1. The van der Waals surface area contributed by atoms with Crippen LogP contribution in [0.15, 0.2) is 59.6 Å². The van der Waals surface area contributed by atoms with Gasteiger partial charge in [0.05, 0.1) is 5.16 Å². The van der Waals surface area contributed by atoms with E-state index in [1.165, 1.54) is 0 Å². The molecular weight excluding hydrogens is 206 g/mol. The molecule has 2 nitrogen and oxygen atoms in total. The number of aliphatic imine (C=N–C) groups is 1. The lowest BCUT2D eigenvalue weighted by molar-refractivity contribution is 0.100.